The van der Waals surface area contributed by atoms with E-state index in [2.05, 4.69) is 22.9 Å². The summed E-state index contributed by atoms with van der Waals surface area (Å²) in [5, 5.41) is 8.77. The van der Waals surface area contributed by atoms with E-state index in [4.69, 9.17) is 0 Å². The Bertz CT molecular complexity index is 978. The molecule has 170 valence electrons. The van der Waals surface area contributed by atoms with E-state index >= 15 is 0 Å². The molecule has 7 nitrogen and oxygen atoms in total. The lowest BCUT2D eigenvalue weighted by Crippen LogP contribution is -2.30. The van der Waals surface area contributed by atoms with Gasteiger partial charge in [0.1, 0.15) is 5.82 Å². The molecule has 0 bridgehead atoms. The highest BCUT2D eigenvalue weighted by Gasteiger charge is 2.22. The molecule has 0 aliphatic carbocycles. The number of anilines is 3. The molecular formula is C22H31FN4O3S. The summed E-state index contributed by atoms with van der Waals surface area (Å²) in [6, 6.07) is 10.7. The van der Waals surface area contributed by atoms with Gasteiger partial charge < -0.3 is 16.0 Å². The lowest BCUT2D eigenvalue weighted by Gasteiger charge is -2.20. The van der Waals surface area contributed by atoms with Gasteiger partial charge in [0.15, 0.2) is 0 Å². The zero-order chi connectivity index (χ0) is 22.9. The number of hydrogen-bond acceptors (Lipinski definition) is 5. The van der Waals surface area contributed by atoms with Crippen molar-refractivity contribution in [1.29, 1.82) is 0 Å². The molecule has 9 heteroatoms. The van der Waals surface area contributed by atoms with Crippen molar-refractivity contribution < 1.29 is 17.6 Å². The molecule has 0 radical (unpaired) electrons. The van der Waals surface area contributed by atoms with Crippen molar-refractivity contribution in [1.82, 2.24) is 4.31 Å². The van der Waals surface area contributed by atoms with Gasteiger partial charge in [0.05, 0.1) is 28.5 Å². The average molecular weight is 451 g/mol. The number of rotatable bonds is 12. The number of halogens is 1. The monoisotopic (exact) mass is 450 g/mol. The molecule has 0 aliphatic rings. The molecule has 0 spiro atoms. The van der Waals surface area contributed by atoms with Gasteiger partial charge in [-0.3, -0.25) is 4.79 Å². The normalized spacial score (nSPS) is 11.4. The number of nitrogens with one attached hydrogen (secondary N) is 3. The Hall–Kier alpha value is -2.65. The maximum absolute atomic E-state index is 13.8. The largest absolute Gasteiger partial charge is 0.383 e. The van der Waals surface area contributed by atoms with E-state index in [1.165, 1.54) is 22.5 Å². The minimum Gasteiger partial charge on any atom is -0.383 e. The van der Waals surface area contributed by atoms with E-state index in [0.717, 1.165) is 19.4 Å². The molecule has 2 rings (SSSR count). The van der Waals surface area contributed by atoms with Crippen molar-refractivity contribution in [2.75, 3.05) is 42.1 Å². The fraction of sp³-hybridized carbons (Fsp3) is 0.409. The van der Waals surface area contributed by atoms with Crippen LogP contribution < -0.4 is 16.0 Å². The number of para-hydroxylation sites is 1. The minimum atomic E-state index is -3.64. The summed E-state index contributed by atoms with van der Waals surface area (Å²) in [6.45, 7) is 6.95. The average Bonchev–Trinajstić information content (AvgIpc) is 2.75. The first-order valence-corrected chi connectivity index (χ1v) is 11.9. The van der Waals surface area contributed by atoms with E-state index in [-0.39, 0.29) is 17.1 Å². The lowest BCUT2D eigenvalue weighted by molar-refractivity contribution is -0.114. The number of carbonyl (C=O) groups is 1. The third-order valence-electron chi connectivity index (χ3n) is 4.77. The molecule has 0 atom stereocenters. The van der Waals surface area contributed by atoms with Gasteiger partial charge in [0, 0.05) is 19.6 Å². The van der Waals surface area contributed by atoms with Crippen LogP contribution in [0.25, 0.3) is 0 Å². The minimum absolute atomic E-state index is 0.0912. The molecule has 0 saturated carbocycles. The summed E-state index contributed by atoms with van der Waals surface area (Å²) >= 11 is 0. The van der Waals surface area contributed by atoms with Gasteiger partial charge in [-0.1, -0.05) is 39.3 Å². The molecule has 3 N–H and O–H groups in total. The van der Waals surface area contributed by atoms with Gasteiger partial charge in [-0.15, -0.1) is 0 Å². The van der Waals surface area contributed by atoms with Crippen LogP contribution in [0.4, 0.5) is 21.5 Å². The number of benzene rings is 2. The van der Waals surface area contributed by atoms with E-state index < -0.39 is 21.7 Å². The third-order valence-corrected chi connectivity index (χ3v) is 6.81. The smallest absolute Gasteiger partial charge is 0.243 e. The first kappa shape index (κ1) is 24.6. The first-order chi connectivity index (χ1) is 14.8. The zero-order valence-electron chi connectivity index (χ0n) is 18.2. The molecule has 31 heavy (non-hydrogen) atoms. The Labute approximate surface area is 184 Å². The van der Waals surface area contributed by atoms with Crippen molar-refractivity contribution in [3.63, 3.8) is 0 Å². The van der Waals surface area contributed by atoms with Gasteiger partial charge in [-0.05, 0) is 36.8 Å². The molecule has 0 aromatic heterocycles. The Morgan fingerprint density at radius 2 is 1.68 bits per heavy atom. The predicted octanol–water partition coefficient (Wildman–Crippen LogP) is 4.12. The van der Waals surface area contributed by atoms with Gasteiger partial charge in [-0.2, -0.15) is 4.31 Å². The number of hydrogen-bond donors (Lipinski definition) is 3. The van der Waals surface area contributed by atoms with Crippen LogP contribution >= 0.6 is 0 Å². The second-order valence-corrected chi connectivity index (χ2v) is 8.90. The topological polar surface area (TPSA) is 90.5 Å². The highest BCUT2D eigenvalue weighted by atomic mass is 32.2. The Kier molecular flexibility index (Phi) is 9.26. The van der Waals surface area contributed by atoms with E-state index in [1.807, 2.05) is 0 Å². The van der Waals surface area contributed by atoms with Crippen molar-refractivity contribution >= 4 is 33.0 Å². The molecule has 0 heterocycles. The predicted molar refractivity (Wildman–Crippen MR) is 123 cm³/mol. The van der Waals surface area contributed by atoms with E-state index in [1.54, 1.807) is 38.1 Å². The van der Waals surface area contributed by atoms with Crippen molar-refractivity contribution in [3.8, 4) is 0 Å². The second-order valence-electron chi connectivity index (χ2n) is 6.96. The molecule has 0 saturated heterocycles. The van der Waals surface area contributed by atoms with E-state index in [9.17, 15) is 17.6 Å². The molecular weight excluding hydrogens is 419 g/mol. The van der Waals surface area contributed by atoms with Crippen LogP contribution in [0, 0.1) is 5.82 Å². The highest BCUT2D eigenvalue weighted by molar-refractivity contribution is 7.89. The molecule has 0 unspecified atom stereocenters. The van der Waals surface area contributed by atoms with Crippen LogP contribution in [-0.4, -0.2) is 44.8 Å². The van der Waals surface area contributed by atoms with Gasteiger partial charge in [-0.25, -0.2) is 12.8 Å². The molecule has 1 amide bonds. The molecule has 2 aromatic carbocycles. The summed E-state index contributed by atoms with van der Waals surface area (Å²) in [6.07, 6.45) is 1.96. The van der Waals surface area contributed by atoms with Crippen LogP contribution in [-0.2, 0) is 14.8 Å². The zero-order valence-corrected chi connectivity index (χ0v) is 19.1. The van der Waals surface area contributed by atoms with Crippen LogP contribution in [0.15, 0.2) is 47.4 Å². The van der Waals surface area contributed by atoms with Gasteiger partial charge in [0.2, 0.25) is 15.9 Å². The molecule has 0 fully saturated rings. The highest BCUT2D eigenvalue weighted by Crippen LogP contribution is 2.27. The van der Waals surface area contributed by atoms with Crippen molar-refractivity contribution in [2.24, 2.45) is 0 Å². The maximum atomic E-state index is 13.8. The summed E-state index contributed by atoms with van der Waals surface area (Å²) in [4.78, 5) is 12.5. The fourth-order valence-corrected chi connectivity index (χ4v) is 4.51. The van der Waals surface area contributed by atoms with Crippen LogP contribution in [0.3, 0.4) is 0 Å². The number of sulfonamides is 1. The second kappa shape index (κ2) is 11.7. The summed E-state index contributed by atoms with van der Waals surface area (Å²) < 4.78 is 40.9. The van der Waals surface area contributed by atoms with Crippen LogP contribution in [0.5, 0.6) is 0 Å². The third kappa shape index (κ3) is 6.67. The Balaban J connectivity index is 2.22. The quantitative estimate of drug-likeness (QED) is 0.423. The number of carbonyl (C=O) groups excluding carboxylic acids is 1. The molecule has 2 aromatic rings. The van der Waals surface area contributed by atoms with Crippen LogP contribution in [0.2, 0.25) is 0 Å². The summed E-state index contributed by atoms with van der Waals surface area (Å²) in [7, 11) is -3.64. The summed E-state index contributed by atoms with van der Waals surface area (Å²) in [5.74, 6) is -0.966. The van der Waals surface area contributed by atoms with Crippen molar-refractivity contribution in [3.05, 3.63) is 48.3 Å². The number of amides is 1. The maximum Gasteiger partial charge on any atom is 0.243 e. The first-order valence-electron chi connectivity index (χ1n) is 10.5. The summed E-state index contributed by atoms with van der Waals surface area (Å²) in [5.41, 5.74) is 1.28. The van der Waals surface area contributed by atoms with Crippen LogP contribution in [0.1, 0.15) is 33.6 Å². The Morgan fingerprint density at radius 1 is 0.968 bits per heavy atom. The van der Waals surface area contributed by atoms with E-state index in [0.29, 0.717) is 24.5 Å². The number of nitrogens with zero attached hydrogens (tertiary/aromatic N) is 1. The van der Waals surface area contributed by atoms with Crippen molar-refractivity contribution in [2.45, 2.75) is 38.5 Å². The van der Waals surface area contributed by atoms with Gasteiger partial charge >= 0.3 is 0 Å². The standard InChI is InChI=1S/C22H31FN4O3S/c1-4-7-14-24-20-13-12-17(31(29,30)27(5-2)6-3)15-21(20)25-16-22(28)26-19-11-9-8-10-18(19)23/h8-13,15,24-25H,4-7,14,16H2,1-3H3,(H,26,28). The molecule has 0 aliphatic heterocycles. The lowest BCUT2D eigenvalue weighted by atomic mass is 10.2. The van der Waals surface area contributed by atoms with Gasteiger partial charge in [0.25, 0.3) is 0 Å². The fourth-order valence-electron chi connectivity index (χ4n) is 3.03. The Morgan fingerprint density at radius 3 is 2.32 bits per heavy atom. The SMILES string of the molecule is CCCCNc1ccc(S(=O)(=O)N(CC)CC)cc1NCC(=O)Nc1ccccc1F. The number of unbranched alkanes of at least 4 members (excludes halogenated alkanes) is 1.